The van der Waals surface area contributed by atoms with E-state index in [0.29, 0.717) is 18.4 Å². The number of pyridine rings is 1. The Hall–Kier alpha value is -3.17. The van der Waals surface area contributed by atoms with Crippen LogP contribution in [0.2, 0.25) is 5.02 Å². The monoisotopic (exact) mass is 494 g/mol. The van der Waals surface area contributed by atoms with E-state index < -0.39 is 46.0 Å². The Morgan fingerprint density at radius 3 is 2.26 bits per heavy atom. The molecule has 1 aliphatic carbocycles. The molecule has 1 saturated carbocycles. The molecule has 0 bridgehead atoms. The van der Waals surface area contributed by atoms with Gasteiger partial charge in [0.25, 0.3) is 11.5 Å². The number of nitrogens with one attached hydrogen (secondary N) is 1. The van der Waals surface area contributed by atoms with Crippen molar-refractivity contribution in [3.8, 4) is 5.69 Å². The lowest BCUT2D eigenvalue weighted by Crippen LogP contribution is -2.35. The van der Waals surface area contributed by atoms with Crippen LogP contribution in [0.1, 0.15) is 29.5 Å². The summed E-state index contributed by atoms with van der Waals surface area (Å²) < 4.78 is 57.1. The number of aromatic nitrogens is 1. The second-order valence-electron chi connectivity index (χ2n) is 8.19. The normalized spacial score (nSPS) is 14.2. The third-order valence-corrected chi connectivity index (χ3v) is 6.11. The number of halogens is 5. The summed E-state index contributed by atoms with van der Waals surface area (Å²) in [5.74, 6) is -4.14. The zero-order valence-electron chi connectivity index (χ0n) is 17.7. The first-order valence-corrected chi connectivity index (χ1v) is 10.8. The van der Waals surface area contributed by atoms with Crippen LogP contribution >= 0.6 is 11.6 Å². The minimum atomic E-state index is -1.41. The molecule has 0 saturated heterocycles. The van der Waals surface area contributed by atoms with Gasteiger partial charge in [0.15, 0.2) is 11.6 Å². The quantitative estimate of drug-likeness (QED) is 0.488. The van der Waals surface area contributed by atoms with Crippen LogP contribution < -0.4 is 10.9 Å². The van der Waals surface area contributed by atoms with Crippen molar-refractivity contribution >= 4 is 17.5 Å². The Kier molecular flexibility index (Phi) is 6.51. The molecule has 4 rings (SSSR count). The van der Waals surface area contributed by atoms with Gasteiger partial charge in [-0.1, -0.05) is 17.7 Å². The molecule has 2 N–H and O–H groups in total. The fourth-order valence-corrected chi connectivity index (χ4v) is 3.80. The first kappa shape index (κ1) is 24.0. The number of aryl methyl sites for hydroxylation is 2. The van der Waals surface area contributed by atoms with E-state index >= 15 is 0 Å². The van der Waals surface area contributed by atoms with E-state index in [-0.39, 0.29) is 35.5 Å². The van der Waals surface area contributed by atoms with Crippen molar-refractivity contribution in [2.45, 2.75) is 37.8 Å². The van der Waals surface area contributed by atoms with Crippen molar-refractivity contribution < 1.29 is 27.5 Å². The maximum absolute atomic E-state index is 14.7. The van der Waals surface area contributed by atoms with Gasteiger partial charge >= 0.3 is 0 Å². The number of aliphatic hydroxyl groups is 1. The number of hydrogen-bond acceptors (Lipinski definition) is 3. The van der Waals surface area contributed by atoms with Crippen molar-refractivity contribution in [2.24, 2.45) is 0 Å². The van der Waals surface area contributed by atoms with E-state index in [1.165, 1.54) is 12.1 Å². The number of carbonyl (C=O) groups is 1. The second-order valence-corrected chi connectivity index (χ2v) is 8.57. The molecule has 0 spiro atoms. The number of hydrogen-bond donors (Lipinski definition) is 2. The maximum atomic E-state index is 14.7. The van der Waals surface area contributed by atoms with Crippen LogP contribution in [-0.4, -0.2) is 21.2 Å². The summed E-state index contributed by atoms with van der Waals surface area (Å²) in [7, 11) is 0. The molecule has 2 aromatic carbocycles. The van der Waals surface area contributed by atoms with Crippen LogP contribution in [0, 0.1) is 23.3 Å². The molecule has 1 heterocycles. The van der Waals surface area contributed by atoms with Gasteiger partial charge in [0, 0.05) is 18.8 Å². The van der Waals surface area contributed by atoms with Crippen LogP contribution in [-0.2, 0) is 24.2 Å². The van der Waals surface area contributed by atoms with Gasteiger partial charge in [0.2, 0.25) is 0 Å². The molecule has 10 heteroatoms. The number of amides is 1. The summed E-state index contributed by atoms with van der Waals surface area (Å²) in [6.45, 7) is -0.205. The molecule has 0 atom stereocenters. The third kappa shape index (κ3) is 4.85. The number of carbonyl (C=O) groups excluding carboxylic acids is 1. The molecule has 178 valence electrons. The van der Waals surface area contributed by atoms with Gasteiger partial charge in [-0.3, -0.25) is 14.2 Å². The van der Waals surface area contributed by atoms with E-state index in [1.54, 1.807) is 0 Å². The summed E-state index contributed by atoms with van der Waals surface area (Å²) in [5, 5.41) is 11.9. The Bertz CT molecular complexity index is 1320. The molecule has 0 radical (unpaired) electrons. The molecule has 1 amide bonds. The van der Waals surface area contributed by atoms with Gasteiger partial charge < -0.3 is 10.4 Å². The highest BCUT2D eigenvalue weighted by Crippen LogP contribution is 2.35. The zero-order chi connectivity index (χ0) is 24.6. The fraction of sp³-hybridized carbons (Fsp3) is 0.250. The fourth-order valence-electron chi connectivity index (χ4n) is 3.55. The predicted octanol–water partition coefficient (Wildman–Crippen LogP) is 3.97. The highest BCUT2D eigenvalue weighted by molar-refractivity contribution is 6.31. The zero-order valence-corrected chi connectivity index (χ0v) is 18.4. The lowest BCUT2D eigenvalue weighted by Gasteiger charge is -2.14. The van der Waals surface area contributed by atoms with Crippen LogP contribution in [0.15, 0.2) is 47.4 Å². The van der Waals surface area contributed by atoms with Crippen molar-refractivity contribution in [2.75, 3.05) is 0 Å². The molecule has 3 aromatic rings. The van der Waals surface area contributed by atoms with Gasteiger partial charge in [-0.25, -0.2) is 17.6 Å². The Labute approximate surface area is 196 Å². The van der Waals surface area contributed by atoms with Crippen molar-refractivity contribution in [1.82, 2.24) is 9.88 Å². The highest BCUT2D eigenvalue weighted by Gasteiger charge is 2.47. The third-order valence-electron chi connectivity index (χ3n) is 5.71. The average Bonchev–Trinajstić information content (AvgIpc) is 3.53. The van der Waals surface area contributed by atoms with Gasteiger partial charge in [-0.2, -0.15) is 0 Å². The van der Waals surface area contributed by atoms with E-state index in [1.807, 2.05) is 0 Å². The average molecular weight is 495 g/mol. The Morgan fingerprint density at radius 1 is 1.00 bits per heavy atom. The van der Waals surface area contributed by atoms with Crippen molar-refractivity contribution in [1.29, 1.82) is 0 Å². The summed E-state index contributed by atoms with van der Waals surface area (Å²) in [4.78, 5) is 24.5. The SMILES string of the molecule is O=C(NCc1cc(F)c(-n2ccc(CCc3ccc(F)cc3F)c(Cl)c2=O)c(F)c1)C1(O)CC1. The van der Waals surface area contributed by atoms with Gasteiger partial charge in [-0.05, 0) is 66.6 Å². The second kappa shape index (κ2) is 9.23. The van der Waals surface area contributed by atoms with Crippen LogP contribution in [0.3, 0.4) is 0 Å². The molecular formula is C24H19ClF4N2O3. The van der Waals surface area contributed by atoms with E-state index in [0.717, 1.165) is 35.0 Å². The lowest BCUT2D eigenvalue weighted by atomic mass is 10.0. The van der Waals surface area contributed by atoms with Gasteiger partial charge in [0.1, 0.15) is 27.9 Å². The number of rotatable bonds is 7. The molecule has 0 aliphatic heterocycles. The highest BCUT2D eigenvalue weighted by atomic mass is 35.5. The van der Waals surface area contributed by atoms with Gasteiger partial charge in [-0.15, -0.1) is 0 Å². The Balaban J connectivity index is 1.54. The Morgan fingerprint density at radius 2 is 1.65 bits per heavy atom. The summed E-state index contributed by atoms with van der Waals surface area (Å²) in [6, 6.07) is 6.51. The summed E-state index contributed by atoms with van der Waals surface area (Å²) in [6.07, 6.45) is 2.11. The van der Waals surface area contributed by atoms with E-state index in [9.17, 15) is 32.3 Å². The minimum Gasteiger partial charge on any atom is -0.380 e. The van der Waals surface area contributed by atoms with Crippen LogP contribution in [0.25, 0.3) is 5.69 Å². The van der Waals surface area contributed by atoms with Crippen molar-refractivity contribution in [3.05, 3.63) is 97.9 Å². The standard InChI is InChI=1S/C24H19ClF4N2O3/c25-20-15(2-1-14-3-4-16(26)11-17(14)27)5-8-31(22(20)32)21-18(28)9-13(10-19(21)29)12-30-23(33)24(34)6-7-24/h3-5,8-11,34H,1-2,6-7,12H2,(H,30,33). The van der Waals surface area contributed by atoms with E-state index in [2.05, 4.69) is 5.32 Å². The van der Waals surface area contributed by atoms with Crippen LogP contribution in [0.4, 0.5) is 17.6 Å². The van der Waals surface area contributed by atoms with Crippen LogP contribution in [0.5, 0.6) is 0 Å². The maximum Gasteiger partial charge on any atom is 0.274 e. The first-order chi connectivity index (χ1) is 16.1. The largest absolute Gasteiger partial charge is 0.380 e. The molecule has 1 fully saturated rings. The molecule has 34 heavy (non-hydrogen) atoms. The molecular weight excluding hydrogens is 476 g/mol. The molecule has 1 aliphatic rings. The van der Waals surface area contributed by atoms with E-state index in [4.69, 9.17) is 11.6 Å². The number of nitrogens with zero attached hydrogens (tertiary/aromatic N) is 1. The smallest absolute Gasteiger partial charge is 0.274 e. The summed E-state index contributed by atoms with van der Waals surface area (Å²) in [5.41, 5.74) is -2.24. The minimum absolute atomic E-state index is 0.105. The van der Waals surface area contributed by atoms with Crippen molar-refractivity contribution in [3.63, 3.8) is 0 Å². The molecule has 5 nitrogen and oxygen atoms in total. The van der Waals surface area contributed by atoms with Gasteiger partial charge in [0.05, 0.1) is 0 Å². The molecule has 1 aromatic heterocycles. The molecule has 0 unspecified atom stereocenters. The predicted molar refractivity (Wildman–Crippen MR) is 117 cm³/mol. The topological polar surface area (TPSA) is 71.3 Å². The summed E-state index contributed by atoms with van der Waals surface area (Å²) >= 11 is 6.15. The first-order valence-electron chi connectivity index (χ1n) is 10.4. The number of benzene rings is 2. The lowest BCUT2D eigenvalue weighted by molar-refractivity contribution is -0.131.